The van der Waals surface area contributed by atoms with E-state index in [0.29, 0.717) is 23.5 Å². The molecule has 4 N–H and O–H groups in total. The van der Waals surface area contributed by atoms with Gasteiger partial charge < -0.3 is 5.73 Å². The Morgan fingerprint density at radius 1 is 1.38 bits per heavy atom. The highest BCUT2D eigenvalue weighted by atomic mass is 16.1. The zero-order valence-corrected chi connectivity index (χ0v) is 13.1. The van der Waals surface area contributed by atoms with Gasteiger partial charge in [0.05, 0.1) is 23.8 Å². The standard InChI is InChI=1S/C16H17N7O/c1-2-15(17)21-23(18)14-6-13(8-19-9-14)22-4-3-12-5-11(10-24)7-20-16(12)22/h3-10H,2,18H2,1H3,(H2,17,21). The Balaban J connectivity index is 2.01. The van der Waals surface area contributed by atoms with Gasteiger partial charge in [-0.15, -0.1) is 5.10 Å². The molecule has 0 saturated heterocycles. The molecule has 8 heteroatoms. The first-order valence-electron chi connectivity index (χ1n) is 7.38. The molecule has 0 unspecified atom stereocenters. The van der Waals surface area contributed by atoms with Crippen LogP contribution in [0.2, 0.25) is 0 Å². The van der Waals surface area contributed by atoms with Gasteiger partial charge in [-0.1, -0.05) is 6.92 Å². The third kappa shape index (κ3) is 2.95. The van der Waals surface area contributed by atoms with Gasteiger partial charge in [-0.25, -0.2) is 10.8 Å². The van der Waals surface area contributed by atoms with Crippen molar-refractivity contribution < 1.29 is 4.79 Å². The van der Waals surface area contributed by atoms with E-state index in [2.05, 4.69) is 15.1 Å². The lowest BCUT2D eigenvalue weighted by atomic mass is 10.2. The highest BCUT2D eigenvalue weighted by Gasteiger charge is 2.08. The maximum Gasteiger partial charge on any atom is 0.151 e. The van der Waals surface area contributed by atoms with Gasteiger partial charge in [-0.05, 0) is 18.2 Å². The van der Waals surface area contributed by atoms with Crippen LogP contribution in [0.3, 0.4) is 0 Å². The van der Waals surface area contributed by atoms with Crippen molar-refractivity contribution in [3.63, 3.8) is 0 Å². The molecule has 3 aromatic heterocycles. The van der Waals surface area contributed by atoms with E-state index in [9.17, 15) is 4.79 Å². The summed E-state index contributed by atoms with van der Waals surface area (Å²) in [5, 5.41) is 6.13. The quantitative estimate of drug-likeness (QED) is 0.242. The van der Waals surface area contributed by atoms with Gasteiger partial charge in [0.25, 0.3) is 0 Å². The number of aromatic nitrogens is 3. The lowest BCUT2D eigenvalue weighted by Crippen LogP contribution is -2.28. The Kier molecular flexibility index (Phi) is 4.21. The summed E-state index contributed by atoms with van der Waals surface area (Å²) in [6, 6.07) is 5.49. The fourth-order valence-corrected chi connectivity index (χ4v) is 2.25. The fraction of sp³-hybridized carbons (Fsp3) is 0.125. The molecular weight excluding hydrogens is 306 g/mol. The maximum absolute atomic E-state index is 10.9. The second-order valence-electron chi connectivity index (χ2n) is 5.18. The number of rotatable bonds is 5. The number of amidine groups is 1. The topological polar surface area (TPSA) is 115 Å². The smallest absolute Gasteiger partial charge is 0.151 e. The van der Waals surface area contributed by atoms with E-state index in [-0.39, 0.29) is 0 Å². The van der Waals surface area contributed by atoms with Crippen molar-refractivity contribution in [3.05, 3.63) is 48.5 Å². The molecule has 0 aliphatic rings. The Hall–Kier alpha value is -3.26. The minimum atomic E-state index is 0.428. The van der Waals surface area contributed by atoms with E-state index in [4.69, 9.17) is 11.6 Å². The van der Waals surface area contributed by atoms with Gasteiger partial charge in [0.2, 0.25) is 0 Å². The predicted molar refractivity (Wildman–Crippen MR) is 92.8 cm³/mol. The van der Waals surface area contributed by atoms with Gasteiger partial charge >= 0.3 is 0 Å². The van der Waals surface area contributed by atoms with Crippen molar-refractivity contribution in [2.45, 2.75) is 13.3 Å². The first-order chi connectivity index (χ1) is 11.6. The molecule has 3 aromatic rings. The average molecular weight is 323 g/mol. The summed E-state index contributed by atoms with van der Waals surface area (Å²) >= 11 is 0. The molecule has 122 valence electrons. The molecule has 3 rings (SSSR count). The molecule has 0 fully saturated rings. The fourth-order valence-electron chi connectivity index (χ4n) is 2.25. The van der Waals surface area contributed by atoms with Gasteiger partial charge in [-0.2, -0.15) is 5.12 Å². The third-order valence-corrected chi connectivity index (χ3v) is 3.53. The number of nitrogens with two attached hydrogens (primary N) is 2. The number of fused-ring (bicyclic) bond motifs is 1. The number of pyridine rings is 2. The van der Waals surface area contributed by atoms with Crippen molar-refractivity contribution in [1.82, 2.24) is 14.5 Å². The number of hydrazone groups is 1. The molecule has 0 aliphatic heterocycles. The van der Waals surface area contributed by atoms with E-state index < -0.39 is 0 Å². The predicted octanol–water partition coefficient (Wildman–Crippen LogP) is 1.60. The van der Waals surface area contributed by atoms with Crippen LogP contribution in [0.15, 0.2) is 48.1 Å². The molecule has 3 heterocycles. The first kappa shape index (κ1) is 15.6. The Morgan fingerprint density at radius 2 is 2.21 bits per heavy atom. The van der Waals surface area contributed by atoms with Crippen LogP contribution in [-0.2, 0) is 0 Å². The molecule has 8 nitrogen and oxygen atoms in total. The second-order valence-corrected chi connectivity index (χ2v) is 5.18. The van der Waals surface area contributed by atoms with Gasteiger partial charge in [0, 0.05) is 29.8 Å². The van der Waals surface area contributed by atoms with Crippen LogP contribution in [-0.4, -0.2) is 26.7 Å². The second kappa shape index (κ2) is 6.47. The highest BCUT2D eigenvalue weighted by Crippen LogP contribution is 2.21. The summed E-state index contributed by atoms with van der Waals surface area (Å²) in [5.41, 5.74) is 8.33. The van der Waals surface area contributed by atoms with Crippen molar-refractivity contribution in [2.24, 2.45) is 16.7 Å². The minimum absolute atomic E-state index is 0.428. The van der Waals surface area contributed by atoms with Crippen molar-refractivity contribution in [3.8, 4) is 5.69 Å². The van der Waals surface area contributed by atoms with E-state index in [1.807, 2.05) is 29.8 Å². The molecule has 0 saturated carbocycles. The van der Waals surface area contributed by atoms with Crippen LogP contribution in [0.5, 0.6) is 0 Å². The van der Waals surface area contributed by atoms with Crippen LogP contribution in [0, 0.1) is 0 Å². The minimum Gasteiger partial charge on any atom is -0.386 e. The van der Waals surface area contributed by atoms with E-state index in [1.165, 1.54) is 11.3 Å². The Morgan fingerprint density at radius 3 is 2.96 bits per heavy atom. The summed E-state index contributed by atoms with van der Waals surface area (Å²) in [5.74, 6) is 6.33. The van der Waals surface area contributed by atoms with E-state index in [0.717, 1.165) is 23.0 Å². The first-order valence-corrected chi connectivity index (χ1v) is 7.38. The maximum atomic E-state index is 10.9. The lowest BCUT2D eigenvalue weighted by Gasteiger charge is -2.14. The highest BCUT2D eigenvalue weighted by molar-refractivity contribution is 5.85. The average Bonchev–Trinajstić information content (AvgIpc) is 3.04. The number of carbonyl (C=O) groups is 1. The van der Waals surface area contributed by atoms with Crippen molar-refractivity contribution in [2.75, 3.05) is 5.12 Å². The number of carbonyl (C=O) groups excluding carboxylic acids is 1. The monoisotopic (exact) mass is 323 g/mol. The van der Waals surface area contributed by atoms with Crippen LogP contribution in [0.25, 0.3) is 16.7 Å². The number of hydrogen-bond acceptors (Lipinski definition) is 6. The summed E-state index contributed by atoms with van der Waals surface area (Å²) in [7, 11) is 0. The summed E-state index contributed by atoms with van der Waals surface area (Å²) in [4.78, 5) is 19.4. The molecule has 0 spiro atoms. The lowest BCUT2D eigenvalue weighted by molar-refractivity contribution is 0.112. The van der Waals surface area contributed by atoms with E-state index >= 15 is 0 Å². The zero-order chi connectivity index (χ0) is 17.1. The van der Waals surface area contributed by atoms with Crippen LogP contribution < -0.4 is 16.7 Å². The van der Waals surface area contributed by atoms with Crippen LogP contribution in [0.1, 0.15) is 23.7 Å². The molecule has 0 aliphatic carbocycles. The molecule has 0 aromatic carbocycles. The Bertz CT molecular complexity index is 916. The summed E-state index contributed by atoms with van der Waals surface area (Å²) in [6.45, 7) is 1.90. The molecule has 0 amide bonds. The SMILES string of the molecule is CC/C(N)=N/N(N)c1cncc(-n2ccc3cc(C=O)cnc32)c1. The van der Waals surface area contributed by atoms with Crippen molar-refractivity contribution in [1.29, 1.82) is 0 Å². The number of anilines is 1. The molecule has 24 heavy (non-hydrogen) atoms. The molecule has 0 atom stereocenters. The number of aldehydes is 1. The van der Waals surface area contributed by atoms with Crippen molar-refractivity contribution >= 4 is 28.8 Å². The largest absolute Gasteiger partial charge is 0.386 e. The molecular formula is C16H17N7O. The van der Waals surface area contributed by atoms with Crippen LogP contribution >= 0.6 is 0 Å². The summed E-state index contributed by atoms with van der Waals surface area (Å²) in [6.07, 6.45) is 8.06. The molecule has 0 bridgehead atoms. The Labute approximate surface area is 138 Å². The van der Waals surface area contributed by atoms with Gasteiger partial charge in [-0.3, -0.25) is 14.3 Å². The number of nitrogens with zero attached hydrogens (tertiary/aromatic N) is 5. The summed E-state index contributed by atoms with van der Waals surface area (Å²) < 4.78 is 1.86. The molecule has 0 radical (unpaired) electrons. The zero-order valence-electron chi connectivity index (χ0n) is 13.1. The normalized spacial score (nSPS) is 11.7. The van der Waals surface area contributed by atoms with E-state index in [1.54, 1.807) is 18.5 Å². The third-order valence-electron chi connectivity index (χ3n) is 3.53. The van der Waals surface area contributed by atoms with Crippen LogP contribution in [0.4, 0.5) is 5.69 Å². The van der Waals surface area contributed by atoms with Gasteiger partial charge in [0.1, 0.15) is 11.5 Å². The number of hydrogen-bond donors (Lipinski definition) is 2. The van der Waals surface area contributed by atoms with Gasteiger partial charge in [0.15, 0.2) is 6.29 Å². The number of hydrazine groups is 1.